The first kappa shape index (κ1) is 15.3. The van der Waals surface area contributed by atoms with Crippen LogP contribution in [0.5, 0.6) is 0 Å². The molecule has 0 saturated carbocycles. The molecular weight excluding hydrogens is 274 g/mol. The van der Waals surface area contributed by atoms with Gasteiger partial charge in [0, 0.05) is 37.3 Å². The number of anilines is 1. The predicted octanol–water partition coefficient (Wildman–Crippen LogP) is 1.46. The number of hydrogen-bond acceptors (Lipinski definition) is 4. The molecule has 0 radical (unpaired) electrons. The fraction of sp³-hybridized carbons (Fsp3) is 0.643. The SMILES string of the molecule is CC(C)(C)c1cccc(N2CCN(S(C)(=O)=O)CC2)n1. The number of piperazine rings is 1. The van der Waals surface area contributed by atoms with Gasteiger partial charge in [-0.1, -0.05) is 26.8 Å². The van der Waals surface area contributed by atoms with Crippen molar-refractivity contribution in [3.63, 3.8) is 0 Å². The molecule has 112 valence electrons. The molecule has 0 aliphatic carbocycles. The van der Waals surface area contributed by atoms with Crippen molar-refractivity contribution in [2.75, 3.05) is 37.3 Å². The number of hydrogen-bond donors (Lipinski definition) is 0. The van der Waals surface area contributed by atoms with Crippen LogP contribution in [0.3, 0.4) is 0 Å². The number of pyridine rings is 1. The summed E-state index contributed by atoms with van der Waals surface area (Å²) in [4.78, 5) is 6.86. The lowest BCUT2D eigenvalue weighted by molar-refractivity contribution is 0.386. The zero-order chi connectivity index (χ0) is 15.0. The Morgan fingerprint density at radius 2 is 1.70 bits per heavy atom. The van der Waals surface area contributed by atoms with Crippen molar-refractivity contribution in [3.05, 3.63) is 23.9 Å². The Balaban J connectivity index is 2.12. The van der Waals surface area contributed by atoms with Crippen LogP contribution in [0.25, 0.3) is 0 Å². The van der Waals surface area contributed by atoms with Crippen molar-refractivity contribution in [3.8, 4) is 0 Å². The third kappa shape index (κ3) is 3.49. The quantitative estimate of drug-likeness (QED) is 0.829. The van der Waals surface area contributed by atoms with Gasteiger partial charge >= 0.3 is 0 Å². The molecule has 0 amide bonds. The summed E-state index contributed by atoms with van der Waals surface area (Å²) in [5, 5.41) is 0. The molecule has 2 heterocycles. The molecule has 6 heteroatoms. The van der Waals surface area contributed by atoms with E-state index in [2.05, 4.69) is 25.7 Å². The average Bonchev–Trinajstić information content (AvgIpc) is 2.37. The average molecular weight is 297 g/mol. The molecular formula is C14H23N3O2S. The van der Waals surface area contributed by atoms with E-state index in [1.165, 1.54) is 10.6 Å². The first-order valence-corrected chi connectivity index (χ1v) is 8.70. The van der Waals surface area contributed by atoms with E-state index in [-0.39, 0.29) is 5.41 Å². The van der Waals surface area contributed by atoms with Crippen LogP contribution in [0.15, 0.2) is 18.2 Å². The summed E-state index contributed by atoms with van der Waals surface area (Å²) >= 11 is 0. The van der Waals surface area contributed by atoms with E-state index in [4.69, 9.17) is 4.98 Å². The van der Waals surface area contributed by atoms with E-state index in [0.29, 0.717) is 26.2 Å². The van der Waals surface area contributed by atoms with Gasteiger partial charge in [-0.2, -0.15) is 4.31 Å². The van der Waals surface area contributed by atoms with Gasteiger partial charge in [0.15, 0.2) is 0 Å². The van der Waals surface area contributed by atoms with Gasteiger partial charge in [0.2, 0.25) is 10.0 Å². The molecule has 1 aliphatic rings. The van der Waals surface area contributed by atoms with Crippen LogP contribution in [-0.4, -0.2) is 50.1 Å². The van der Waals surface area contributed by atoms with Crippen LogP contribution in [0.2, 0.25) is 0 Å². The smallest absolute Gasteiger partial charge is 0.211 e. The molecule has 1 aromatic heterocycles. The number of nitrogens with zero attached hydrogens (tertiary/aromatic N) is 3. The summed E-state index contributed by atoms with van der Waals surface area (Å²) < 4.78 is 24.5. The third-order valence-corrected chi connectivity index (χ3v) is 4.84. The summed E-state index contributed by atoms with van der Waals surface area (Å²) in [5.74, 6) is 0.936. The second kappa shape index (κ2) is 5.33. The van der Waals surface area contributed by atoms with Crippen molar-refractivity contribution in [2.24, 2.45) is 0 Å². The van der Waals surface area contributed by atoms with Crippen LogP contribution < -0.4 is 4.90 Å². The van der Waals surface area contributed by atoms with Crippen LogP contribution in [0.1, 0.15) is 26.5 Å². The van der Waals surface area contributed by atoms with Gasteiger partial charge in [-0.25, -0.2) is 13.4 Å². The van der Waals surface area contributed by atoms with Crippen LogP contribution >= 0.6 is 0 Å². The van der Waals surface area contributed by atoms with E-state index in [0.717, 1.165) is 11.5 Å². The summed E-state index contributed by atoms with van der Waals surface area (Å²) in [6.07, 6.45) is 1.27. The molecule has 1 aliphatic heterocycles. The summed E-state index contributed by atoms with van der Waals surface area (Å²) in [6.45, 7) is 8.85. The molecule has 1 fully saturated rings. The minimum absolute atomic E-state index is 0.0184. The molecule has 1 saturated heterocycles. The third-order valence-electron chi connectivity index (χ3n) is 3.53. The Labute approximate surface area is 121 Å². The Morgan fingerprint density at radius 1 is 1.10 bits per heavy atom. The topological polar surface area (TPSA) is 53.5 Å². The van der Waals surface area contributed by atoms with Crippen molar-refractivity contribution < 1.29 is 8.42 Å². The molecule has 20 heavy (non-hydrogen) atoms. The minimum Gasteiger partial charge on any atom is -0.354 e. The Kier molecular flexibility index (Phi) is 4.07. The van der Waals surface area contributed by atoms with Gasteiger partial charge in [-0.3, -0.25) is 0 Å². The van der Waals surface area contributed by atoms with Gasteiger partial charge in [-0.05, 0) is 12.1 Å². The lowest BCUT2D eigenvalue weighted by Crippen LogP contribution is -2.48. The molecule has 2 rings (SSSR count). The van der Waals surface area contributed by atoms with E-state index in [9.17, 15) is 8.42 Å². The van der Waals surface area contributed by atoms with Gasteiger partial charge in [0.25, 0.3) is 0 Å². The second-order valence-electron chi connectivity index (χ2n) is 6.28. The molecule has 0 unspecified atom stereocenters. The zero-order valence-electron chi connectivity index (χ0n) is 12.6. The molecule has 0 atom stereocenters. The summed E-state index contributed by atoms with van der Waals surface area (Å²) in [5.41, 5.74) is 1.07. The Hall–Kier alpha value is -1.14. The normalized spacial score (nSPS) is 18.3. The molecule has 1 aromatic rings. The Morgan fingerprint density at radius 3 is 2.20 bits per heavy atom. The van der Waals surface area contributed by atoms with Crippen molar-refractivity contribution in [2.45, 2.75) is 26.2 Å². The Bertz CT molecular complexity index is 570. The van der Waals surface area contributed by atoms with Gasteiger partial charge in [-0.15, -0.1) is 0 Å². The monoisotopic (exact) mass is 297 g/mol. The number of sulfonamides is 1. The molecule has 0 bridgehead atoms. The van der Waals surface area contributed by atoms with E-state index in [1.807, 2.05) is 18.2 Å². The number of rotatable bonds is 2. The highest BCUT2D eigenvalue weighted by Gasteiger charge is 2.24. The zero-order valence-corrected chi connectivity index (χ0v) is 13.4. The van der Waals surface area contributed by atoms with Crippen LogP contribution in [-0.2, 0) is 15.4 Å². The standard InChI is InChI=1S/C14H23N3O2S/c1-14(2,3)12-6-5-7-13(15-12)16-8-10-17(11-9-16)20(4,18)19/h5-7H,8-11H2,1-4H3. The predicted molar refractivity (Wildman–Crippen MR) is 81.6 cm³/mol. The van der Waals surface area contributed by atoms with Crippen LogP contribution in [0.4, 0.5) is 5.82 Å². The first-order chi connectivity index (χ1) is 9.18. The second-order valence-corrected chi connectivity index (χ2v) is 8.26. The summed E-state index contributed by atoms with van der Waals surface area (Å²) in [6, 6.07) is 6.05. The fourth-order valence-corrected chi connectivity index (χ4v) is 3.09. The van der Waals surface area contributed by atoms with Gasteiger partial charge < -0.3 is 4.90 Å². The maximum Gasteiger partial charge on any atom is 0.211 e. The highest BCUT2D eigenvalue weighted by Crippen LogP contribution is 2.23. The molecule has 0 aromatic carbocycles. The van der Waals surface area contributed by atoms with E-state index in [1.54, 1.807) is 0 Å². The maximum absolute atomic E-state index is 11.5. The lowest BCUT2D eigenvalue weighted by atomic mass is 9.92. The van der Waals surface area contributed by atoms with Crippen molar-refractivity contribution in [1.82, 2.24) is 9.29 Å². The molecule has 5 nitrogen and oxygen atoms in total. The van der Waals surface area contributed by atoms with E-state index < -0.39 is 10.0 Å². The first-order valence-electron chi connectivity index (χ1n) is 6.85. The highest BCUT2D eigenvalue weighted by atomic mass is 32.2. The molecule has 0 spiro atoms. The van der Waals surface area contributed by atoms with E-state index >= 15 is 0 Å². The maximum atomic E-state index is 11.5. The van der Waals surface area contributed by atoms with Gasteiger partial charge in [0.1, 0.15) is 5.82 Å². The number of aromatic nitrogens is 1. The summed E-state index contributed by atoms with van der Waals surface area (Å²) in [7, 11) is -3.08. The lowest BCUT2D eigenvalue weighted by Gasteiger charge is -2.34. The van der Waals surface area contributed by atoms with Crippen LogP contribution in [0, 0.1) is 0 Å². The van der Waals surface area contributed by atoms with Crippen molar-refractivity contribution >= 4 is 15.8 Å². The minimum atomic E-state index is -3.08. The van der Waals surface area contributed by atoms with Gasteiger partial charge in [0.05, 0.1) is 6.26 Å². The largest absolute Gasteiger partial charge is 0.354 e. The molecule has 0 N–H and O–H groups in total. The van der Waals surface area contributed by atoms with Crippen molar-refractivity contribution in [1.29, 1.82) is 0 Å². The fourth-order valence-electron chi connectivity index (χ4n) is 2.27. The highest BCUT2D eigenvalue weighted by molar-refractivity contribution is 7.88.